The van der Waals surface area contributed by atoms with Crippen molar-refractivity contribution in [2.24, 2.45) is 0 Å². The summed E-state index contributed by atoms with van der Waals surface area (Å²) in [4.78, 5) is 40.8. The highest BCUT2D eigenvalue weighted by atomic mass is 16.6. The van der Waals surface area contributed by atoms with Crippen molar-refractivity contribution in [1.82, 2.24) is 10.3 Å². The van der Waals surface area contributed by atoms with Gasteiger partial charge in [-0.05, 0) is 46.2 Å². The van der Waals surface area contributed by atoms with E-state index in [4.69, 9.17) is 4.74 Å². The highest BCUT2D eigenvalue weighted by molar-refractivity contribution is 6.28. The van der Waals surface area contributed by atoms with Crippen LogP contribution < -0.4 is 5.32 Å². The van der Waals surface area contributed by atoms with E-state index < -0.39 is 41.0 Å². The van der Waals surface area contributed by atoms with Crippen LogP contribution in [0.5, 0.6) is 0 Å². The summed E-state index contributed by atoms with van der Waals surface area (Å²) in [6.07, 6.45) is 2.97. The lowest BCUT2D eigenvalue weighted by molar-refractivity contribution is -0.154. The third-order valence-corrected chi connectivity index (χ3v) is 3.82. The number of aromatic nitrogens is 1. The second-order valence-corrected chi connectivity index (χ2v) is 7.37. The molecule has 0 fully saturated rings. The van der Waals surface area contributed by atoms with Crippen LogP contribution >= 0.6 is 0 Å². The van der Waals surface area contributed by atoms with Gasteiger partial charge in [0.25, 0.3) is 5.91 Å². The van der Waals surface area contributed by atoms with E-state index in [-0.39, 0.29) is 5.57 Å². The molecule has 7 nitrogen and oxygen atoms in total. The zero-order valence-electron chi connectivity index (χ0n) is 15.0. The molecule has 2 rings (SSSR count). The monoisotopic (exact) mass is 346 g/mol. The Morgan fingerprint density at radius 1 is 1.32 bits per heavy atom. The van der Waals surface area contributed by atoms with Crippen LogP contribution in [0.4, 0.5) is 0 Å². The van der Waals surface area contributed by atoms with E-state index in [1.807, 2.05) is 0 Å². The lowest BCUT2D eigenvalue weighted by atomic mass is 9.71. The Balaban J connectivity index is 2.27. The number of ketones is 1. The van der Waals surface area contributed by atoms with Gasteiger partial charge in [0.15, 0.2) is 5.78 Å². The SMILES string of the molecule is CC(C)(C)OC(=O)CNC(=O)C1=C(O)c2ccncc2C(C)(C)C1=O. The van der Waals surface area contributed by atoms with Crippen LogP contribution in [0.25, 0.3) is 5.76 Å². The summed E-state index contributed by atoms with van der Waals surface area (Å²) in [5.74, 6) is -2.40. The molecular formula is C18H22N2O5. The van der Waals surface area contributed by atoms with Gasteiger partial charge in [-0.3, -0.25) is 19.4 Å². The molecule has 0 saturated carbocycles. The number of aliphatic hydroxyl groups excluding tert-OH is 1. The molecule has 1 aliphatic rings. The van der Waals surface area contributed by atoms with Crippen LogP contribution in [0, 0.1) is 0 Å². The smallest absolute Gasteiger partial charge is 0.325 e. The number of nitrogens with one attached hydrogen (secondary N) is 1. The van der Waals surface area contributed by atoms with Crippen LogP contribution in [0.3, 0.4) is 0 Å². The van der Waals surface area contributed by atoms with Crippen LogP contribution in [0.15, 0.2) is 24.0 Å². The molecule has 1 heterocycles. The molecule has 0 aromatic carbocycles. The Labute approximate surface area is 146 Å². The molecule has 1 aliphatic carbocycles. The maximum absolute atomic E-state index is 12.7. The second-order valence-electron chi connectivity index (χ2n) is 7.37. The number of carbonyl (C=O) groups is 3. The molecule has 1 amide bonds. The first-order valence-corrected chi connectivity index (χ1v) is 7.88. The van der Waals surface area contributed by atoms with Crippen LogP contribution in [-0.4, -0.2) is 39.9 Å². The number of rotatable bonds is 3. The number of amides is 1. The molecule has 0 radical (unpaired) electrons. The molecule has 0 atom stereocenters. The van der Waals surface area contributed by atoms with Crippen molar-refractivity contribution in [3.63, 3.8) is 0 Å². The third kappa shape index (κ3) is 3.70. The molecule has 0 spiro atoms. The number of nitrogens with zero attached hydrogens (tertiary/aromatic N) is 1. The summed E-state index contributed by atoms with van der Waals surface area (Å²) >= 11 is 0. The first-order chi connectivity index (χ1) is 11.4. The minimum atomic E-state index is -1.02. The van der Waals surface area contributed by atoms with Gasteiger partial charge in [0, 0.05) is 18.0 Å². The number of Topliss-reactive ketones (excluding diaryl/α,β-unsaturated/α-hetero) is 1. The summed E-state index contributed by atoms with van der Waals surface area (Å²) in [6, 6.07) is 1.54. The van der Waals surface area contributed by atoms with Gasteiger partial charge in [-0.1, -0.05) is 0 Å². The van der Waals surface area contributed by atoms with E-state index >= 15 is 0 Å². The van der Waals surface area contributed by atoms with Gasteiger partial charge in [0.1, 0.15) is 23.5 Å². The number of ether oxygens (including phenoxy) is 1. The number of aliphatic hydroxyl groups is 1. The highest BCUT2D eigenvalue weighted by Gasteiger charge is 2.43. The van der Waals surface area contributed by atoms with E-state index in [1.54, 1.807) is 40.7 Å². The molecule has 134 valence electrons. The highest BCUT2D eigenvalue weighted by Crippen LogP contribution is 2.38. The lowest BCUT2D eigenvalue weighted by Crippen LogP contribution is -2.43. The molecular weight excluding hydrogens is 324 g/mol. The lowest BCUT2D eigenvalue weighted by Gasteiger charge is -2.31. The fraction of sp³-hybridized carbons (Fsp3) is 0.444. The zero-order chi connectivity index (χ0) is 19.0. The number of hydrogen-bond donors (Lipinski definition) is 2. The largest absolute Gasteiger partial charge is 0.506 e. The molecule has 2 N–H and O–H groups in total. The second kappa shape index (κ2) is 6.31. The van der Waals surface area contributed by atoms with Crippen molar-refractivity contribution >= 4 is 23.4 Å². The summed E-state index contributed by atoms with van der Waals surface area (Å²) in [7, 11) is 0. The summed E-state index contributed by atoms with van der Waals surface area (Å²) < 4.78 is 5.10. The average molecular weight is 346 g/mol. The Kier molecular flexibility index (Phi) is 4.70. The molecule has 1 aromatic heterocycles. The van der Waals surface area contributed by atoms with Gasteiger partial charge in [0.05, 0.1) is 5.41 Å². The van der Waals surface area contributed by atoms with Gasteiger partial charge >= 0.3 is 5.97 Å². The van der Waals surface area contributed by atoms with Gasteiger partial charge in [0.2, 0.25) is 0 Å². The Bertz CT molecular complexity index is 772. The van der Waals surface area contributed by atoms with Gasteiger partial charge < -0.3 is 15.2 Å². The molecule has 0 bridgehead atoms. The van der Waals surface area contributed by atoms with Crippen molar-refractivity contribution < 1.29 is 24.2 Å². The van der Waals surface area contributed by atoms with Crippen LogP contribution in [0.2, 0.25) is 0 Å². The molecule has 0 unspecified atom stereocenters. The van der Waals surface area contributed by atoms with E-state index in [0.717, 1.165) is 0 Å². The van der Waals surface area contributed by atoms with E-state index in [0.29, 0.717) is 11.1 Å². The van der Waals surface area contributed by atoms with Crippen molar-refractivity contribution in [1.29, 1.82) is 0 Å². The molecule has 0 aliphatic heterocycles. The predicted octanol–water partition coefficient (Wildman–Crippen LogP) is 1.67. The van der Waals surface area contributed by atoms with E-state index in [2.05, 4.69) is 10.3 Å². The maximum Gasteiger partial charge on any atom is 0.325 e. The van der Waals surface area contributed by atoms with Crippen LogP contribution in [-0.2, 0) is 24.5 Å². The van der Waals surface area contributed by atoms with Gasteiger partial charge in [-0.25, -0.2) is 0 Å². The topological polar surface area (TPSA) is 106 Å². The summed E-state index contributed by atoms with van der Waals surface area (Å²) in [5, 5.41) is 12.7. The quantitative estimate of drug-likeness (QED) is 0.637. The van der Waals surface area contributed by atoms with Gasteiger partial charge in [-0.15, -0.1) is 0 Å². The maximum atomic E-state index is 12.7. The number of hydrogen-bond acceptors (Lipinski definition) is 6. The standard InChI is InChI=1S/C18H22N2O5/c1-17(2,3)25-12(21)9-20-16(24)13-14(22)10-6-7-19-8-11(10)18(4,5)15(13)23/h6-8,22H,9H2,1-5H3,(H,20,24). The van der Waals surface area contributed by atoms with Crippen molar-refractivity contribution in [3.8, 4) is 0 Å². The van der Waals surface area contributed by atoms with Crippen molar-refractivity contribution in [3.05, 3.63) is 35.2 Å². The summed E-state index contributed by atoms with van der Waals surface area (Å²) in [5.41, 5.74) is -1.15. The van der Waals surface area contributed by atoms with E-state index in [1.165, 1.54) is 12.4 Å². The number of esters is 1. The minimum absolute atomic E-state index is 0.368. The van der Waals surface area contributed by atoms with E-state index in [9.17, 15) is 19.5 Å². The summed E-state index contributed by atoms with van der Waals surface area (Å²) in [6.45, 7) is 8.04. The fourth-order valence-electron chi connectivity index (χ4n) is 2.61. The number of fused-ring (bicyclic) bond motifs is 1. The normalized spacial score (nSPS) is 16.3. The molecule has 7 heteroatoms. The zero-order valence-corrected chi connectivity index (χ0v) is 15.0. The molecule has 0 saturated heterocycles. The third-order valence-electron chi connectivity index (χ3n) is 3.82. The Hall–Kier alpha value is -2.70. The average Bonchev–Trinajstić information content (AvgIpc) is 2.50. The Morgan fingerprint density at radius 3 is 2.56 bits per heavy atom. The molecule has 25 heavy (non-hydrogen) atoms. The van der Waals surface area contributed by atoms with Crippen LogP contribution in [0.1, 0.15) is 45.7 Å². The first kappa shape index (κ1) is 18.6. The number of pyridine rings is 1. The van der Waals surface area contributed by atoms with Crippen molar-refractivity contribution in [2.75, 3.05) is 6.54 Å². The Morgan fingerprint density at radius 2 is 1.96 bits per heavy atom. The molecule has 1 aromatic rings. The van der Waals surface area contributed by atoms with Crippen molar-refractivity contribution in [2.45, 2.75) is 45.6 Å². The minimum Gasteiger partial charge on any atom is -0.506 e. The predicted molar refractivity (Wildman–Crippen MR) is 90.7 cm³/mol. The van der Waals surface area contributed by atoms with Gasteiger partial charge in [-0.2, -0.15) is 0 Å². The number of carbonyl (C=O) groups excluding carboxylic acids is 3. The fourth-order valence-corrected chi connectivity index (χ4v) is 2.61. The first-order valence-electron chi connectivity index (χ1n) is 7.88.